The van der Waals surface area contributed by atoms with E-state index in [0.717, 1.165) is 74.9 Å². The molecular weight excluding hydrogens is 426 g/mol. The Morgan fingerprint density at radius 1 is 0.971 bits per heavy atom. The van der Waals surface area contributed by atoms with Gasteiger partial charge >= 0.3 is 0 Å². The molecule has 0 spiro atoms. The van der Waals surface area contributed by atoms with Gasteiger partial charge in [0.1, 0.15) is 13.2 Å². The molecule has 0 aromatic heterocycles. The molecule has 1 atom stereocenters. The average Bonchev–Trinajstić information content (AvgIpc) is 2.88. The molecule has 5 rings (SSSR count). The highest BCUT2D eigenvalue weighted by molar-refractivity contribution is 5.98. The molecule has 1 unspecified atom stereocenters. The minimum Gasteiger partial charge on any atom is -0.486 e. The minimum absolute atomic E-state index is 0.209. The van der Waals surface area contributed by atoms with Gasteiger partial charge in [-0.3, -0.25) is 9.69 Å². The summed E-state index contributed by atoms with van der Waals surface area (Å²) in [7, 11) is 0. The monoisotopic (exact) mass is 463 g/mol. The lowest BCUT2D eigenvalue weighted by Crippen LogP contribution is -2.56. The number of carbonyl (C=O) groups excluding carboxylic acids is 1. The first-order chi connectivity index (χ1) is 16.5. The number of amides is 1. The van der Waals surface area contributed by atoms with Crippen LogP contribution >= 0.6 is 0 Å². The van der Waals surface area contributed by atoms with E-state index in [1.165, 1.54) is 5.56 Å². The molecule has 3 aliphatic heterocycles. The summed E-state index contributed by atoms with van der Waals surface area (Å²) in [4.78, 5) is 20.8. The number of nitrogens with zero attached hydrogens (tertiary/aromatic N) is 3. The molecule has 1 amide bonds. The van der Waals surface area contributed by atoms with Crippen LogP contribution in [0.15, 0.2) is 42.5 Å². The van der Waals surface area contributed by atoms with Crippen molar-refractivity contribution in [3.63, 3.8) is 0 Å². The molecule has 1 fully saturated rings. The third-order valence-electron chi connectivity index (χ3n) is 7.77. The Balaban J connectivity index is 1.29. The molecule has 0 bridgehead atoms. The first-order valence-electron chi connectivity index (χ1n) is 12.8. The molecular formula is C28H37N3O3. The van der Waals surface area contributed by atoms with Crippen molar-refractivity contribution in [2.24, 2.45) is 5.41 Å². The maximum absolute atomic E-state index is 13.7. The first kappa shape index (κ1) is 23.0. The fourth-order valence-corrected chi connectivity index (χ4v) is 5.31. The van der Waals surface area contributed by atoms with Crippen molar-refractivity contribution in [2.45, 2.75) is 46.1 Å². The third kappa shape index (κ3) is 4.36. The van der Waals surface area contributed by atoms with E-state index < -0.39 is 0 Å². The number of ether oxygens (including phenoxy) is 2. The molecule has 0 radical (unpaired) electrons. The molecule has 0 aliphatic carbocycles. The number of hydrogen-bond donors (Lipinski definition) is 0. The lowest BCUT2D eigenvalue weighted by atomic mass is 9.85. The van der Waals surface area contributed by atoms with Crippen molar-refractivity contribution >= 4 is 17.3 Å². The summed E-state index contributed by atoms with van der Waals surface area (Å²) >= 11 is 0. The molecule has 182 valence electrons. The van der Waals surface area contributed by atoms with E-state index in [1.807, 2.05) is 12.1 Å². The summed E-state index contributed by atoms with van der Waals surface area (Å²) in [6.07, 6.45) is 2.88. The van der Waals surface area contributed by atoms with Crippen LogP contribution in [0.3, 0.4) is 0 Å². The summed E-state index contributed by atoms with van der Waals surface area (Å²) in [6.45, 7) is 12.2. The lowest BCUT2D eigenvalue weighted by molar-refractivity contribution is -0.127. The SMILES string of the molecule is CCC(C)(C)C(=O)N1c2ccccc2CCC1CN1CCN(c2cccc3c2OCCO3)CC1. The molecule has 0 N–H and O–H groups in total. The molecule has 2 aromatic rings. The number of hydrogen-bond acceptors (Lipinski definition) is 5. The summed E-state index contributed by atoms with van der Waals surface area (Å²) in [5, 5.41) is 0. The van der Waals surface area contributed by atoms with Gasteiger partial charge in [-0.25, -0.2) is 0 Å². The third-order valence-corrected chi connectivity index (χ3v) is 7.77. The van der Waals surface area contributed by atoms with Gasteiger partial charge in [0.2, 0.25) is 5.91 Å². The minimum atomic E-state index is -0.365. The molecule has 1 saturated heterocycles. The number of rotatable bonds is 5. The maximum atomic E-state index is 13.7. The topological polar surface area (TPSA) is 45.3 Å². The van der Waals surface area contributed by atoms with Crippen molar-refractivity contribution in [1.82, 2.24) is 4.90 Å². The van der Waals surface area contributed by atoms with Gasteiger partial charge in [0.25, 0.3) is 0 Å². The van der Waals surface area contributed by atoms with Crippen molar-refractivity contribution in [3.8, 4) is 11.5 Å². The van der Waals surface area contributed by atoms with Gasteiger partial charge in [-0.2, -0.15) is 0 Å². The molecule has 6 heteroatoms. The number of para-hydroxylation sites is 2. The predicted molar refractivity (Wildman–Crippen MR) is 136 cm³/mol. The number of fused-ring (bicyclic) bond motifs is 2. The highest BCUT2D eigenvalue weighted by Crippen LogP contribution is 2.40. The summed E-state index contributed by atoms with van der Waals surface area (Å²) in [5.74, 6) is 1.98. The zero-order chi connectivity index (χ0) is 23.7. The average molecular weight is 464 g/mol. The lowest BCUT2D eigenvalue weighted by Gasteiger charge is -2.44. The van der Waals surface area contributed by atoms with Crippen molar-refractivity contribution < 1.29 is 14.3 Å². The van der Waals surface area contributed by atoms with Crippen molar-refractivity contribution in [3.05, 3.63) is 48.0 Å². The predicted octanol–water partition coefficient (Wildman–Crippen LogP) is 4.36. The second-order valence-corrected chi connectivity index (χ2v) is 10.3. The Morgan fingerprint density at radius 3 is 2.50 bits per heavy atom. The van der Waals surface area contributed by atoms with E-state index >= 15 is 0 Å². The maximum Gasteiger partial charge on any atom is 0.232 e. The Bertz CT molecular complexity index is 1030. The van der Waals surface area contributed by atoms with E-state index in [2.05, 4.69) is 65.8 Å². The van der Waals surface area contributed by atoms with Crippen LogP contribution < -0.4 is 19.3 Å². The normalized spacial score (nSPS) is 20.7. The van der Waals surface area contributed by atoms with E-state index in [-0.39, 0.29) is 17.4 Å². The number of aryl methyl sites for hydroxylation is 1. The fraction of sp³-hybridized carbons (Fsp3) is 0.536. The van der Waals surface area contributed by atoms with Crippen LogP contribution in [-0.4, -0.2) is 62.8 Å². The van der Waals surface area contributed by atoms with E-state index in [0.29, 0.717) is 13.2 Å². The van der Waals surface area contributed by atoms with Gasteiger partial charge < -0.3 is 19.3 Å². The van der Waals surface area contributed by atoms with E-state index in [9.17, 15) is 4.79 Å². The number of piperazine rings is 1. The number of benzene rings is 2. The highest BCUT2D eigenvalue weighted by Gasteiger charge is 2.39. The summed E-state index contributed by atoms with van der Waals surface area (Å²) in [6, 6.07) is 14.8. The number of anilines is 2. The fourth-order valence-electron chi connectivity index (χ4n) is 5.31. The Kier molecular flexibility index (Phi) is 6.43. The zero-order valence-electron chi connectivity index (χ0n) is 20.8. The van der Waals surface area contributed by atoms with Gasteiger partial charge in [-0.05, 0) is 43.0 Å². The van der Waals surface area contributed by atoms with Crippen molar-refractivity contribution in [1.29, 1.82) is 0 Å². The van der Waals surface area contributed by atoms with Gasteiger partial charge in [0.15, 0.2) is 11.5 Å². The van der Waals surface area contributed by atoms with Gasteiger partial charge in [0, 0.05) is 49.9 Å². The molecule has 3 heterocycles. The molecule has 6 nitrogen and oxygen atoms in total. The zero-order valence-corrected chi connectivity index (χ0v) is 20.8. The summed E-state index contributed by atoms with van der Waals surface area (Å²) in [5.41, 5.74) is 3.16. The number of carbonyl (C=O) groups is 1. The quantitative estimate of drug-likeness (QED) is 0.659. The van der Waals surface area contributed by atoms with E-state index in [4.69, 9.17) is 9.47 Å². The van der Waals surface area contributed by atoms with Crippen LogP contribution in [-0.2, 0) is 11.2 Å². The Hall–Kier alpha value is -2.73. The van der Waals surface area contributed by atoms with Crippen LogP contribution in [0.1, 0.15) is 39.2 Å². The van der Waals surface area contributed by atoms with E-state index in [1.54, 1.807) is 0 Å². The standard InChI is InChI=1S/C28H37N3O3/c1-4-28(2,3)27(32)31-22(13-12-21-8-5-6-9-23(21)31)20-29-14-16-30(17-15-29)24-10-7-11-25-26(24)34-19-18-33-25/h5-11,22H,4,12-20H2,1-3H3. The second kappa shape index (κ2) is 9.49. The second-order valence-electron chi connectivity index (χ2n) is 10.3. The van der Waals surface area contributed by atoms with Crippen LogP contribution in [0.25, 0.3) is 0 Å². The van der Waals surface area contributed by atoms with Crippen LogP contribution in [0.4, 0.5) is 11.4 Å². The molecule has 3 aliphatic rings. The van der Waals surface area contributed by atoms with Crippen LogP contribution in [0.5, 0.6) is 11.5 Å². The van der Waals surface area contributed by atoms with Crippen molar-refractivity contribution in [2.75, 3.05) is 55.7 Å². The first-order valence-corrected chi connectivity index (χ1v) is 12.8. The molecule has 0 saturated carbocycles. The van der Waals surface area contributed by atoms with Crippen LogP contribution in [0, 0.1) is 5.41 Å². The van der Waals surface area contributed by atoms with Gasteiger partial charge in [-0.15, -0.1) is 0 Å². The Morgan fingerprint density at radius 2 is 1.71 bits per heavy atom. The van der Waals surface area contributed by atoms with Gasteiger partial charge in [-0.1, -0.05) is 45.0 Å². The summed E-state index contributed by atoms with van der Waals surface area (Å²) < 4.78 is 11.7. The van der Waals surface area contributed by atoms with Gasteiger partial charge in [0.05, 0.1) is 5.69 Å². The van der Waals surface area contributed by atoms with Crippen LogP contribution in [0.2, 0.25) is 0 Å². The molecule has 2 aromatic carbocycles. The molecule has 34 heavy (non-hydrogen) atoms. The highest BCUT2D eigenvalue weighted by atomic mass is 16.6. The smallest absolute Gasteiger partial charge is 0.232 e. The largest absolute Gasteiger partial charge is 0.486 e. The Labute approximate surface area is 203 Å².